The van der Waals surface area contributed by atoms with E-state index in [-0.39, 0.29) is 38.1 Å². The third kappa shape index (κ3) is 4.75. The average molecular weight is 450 g/mol. The molecule has 2 aromatic carbocycles. The number of hydrogen-bond donors (Lipinski definition) is 2. The van der Waals surface area contributed by atoms with Gasteiger partial charge in [0.15, 0.2) is 5.60 Å². The van der Waals surface area contributed by atoms with Crippen molar-refractivity contribution in [3.63, 3.8) is 0 Å². The lowest BCUT2D eigenvalue weighted by Gasteiger charge is -2.37. The molecule has 0 saturated carbocycles. The van der Waals surface area contributed by atoms with Crippen molar-refractivity contribution in [2.75, 3.05) is 32.8 Å². The first-order valence-electron chi connectivity index (χ1n) is 10.8. The smallest absolute Gasteiger partial charge is 0.407 e. The average Bonchev–Trinajstić information content (AvgIpc) is 3.14. The van der Waals surface area contributed by atoms with Gasteiger partial charge < -0.3 is 24.8 Å². The van der Waals surface area contributed by atoms with Crippen LogP contribution in [-0.2, 0) is 19.1 Å². The van der Waals surface area contributed by atoms with Crippen molar-refractivity contribution >= 4 is 18.0 Å². The van der Waals surface area contributed by atoms with Crippen molar-refractivity contribution in [2.45, 2.75) is 18.4 Å². The Hall–Kier alpha value is -3.65. The topological polar surface area (TPSA) is 105 Å². The highest BCUT2D eigenvalue weighted by molar-refractivity contribution is 5.89. The molecule has 0 spiro atoms. The molecule has 1 atom stereocenters. The van der Waals surface area contributed by atoms with Gasteiger partial charge in [-0.2, -0.15) is 0 Å². The second kappa shape index (κ2) is 9.46. The van der Waals surface area contributed by atoms with Gasteiger partial charge in [0.1, 0.15) is 6.61 Å². The first-order chi connectivity index (χ1) is 15.9. The number of amides is 2. The minimum Gasteiger partial charge on any atom is -0.479 e. The normalized spacial score (nSPS) is 19.7. The molecule has 2 amide bonds. The minimum absolute atomic E-state index is 0.0230. The molecule has 2 N–H and O–H groups in total. The largest absolute Gasteiger partial charge is 0.479 e. The SMILES string of the molecule is CC1(C(=O)O)CN(C(=O)/C=C/CNC(=O)OCC2c3ccccc3-c3ccccc32)CCO1. The van der Waals surface area contributed by atoms with Crippen molar-refractivity contribution < 1.29 is 29.0 Å². The number of ether oxygens (including phenoxy) is 2. The van der Waals surface area contributed by atoms with Crippen LogP contribution >= 0.6 is 0 Å². The Balaban J connectivity index is 1.26. The maximum atomic E-state index is 12.3. The molecule has 1 aliphatic carbocycles. The second-order valence-corrected chi connectivity index (χ2v) is 8.25. The van der Waals surface area contributed by atoms with Gasteiger partial charge in [-0.3, -0.25) is 4.79 Å². The van der Waals surface area contributed by atoms with Gasteiger partial charge in [0, 0.05) is 25.1 Å². The van der Waals surface area contributed by atoms with E-state index in [1.807, 2.05) is 24.3 Å². The summed E-state index contributed by atoms with van der Waals surface area (Å²) < 4.78 is 10.7. The van der Waals surface area contributed by atoms with Crippen LogP contribution in [0.4, 0.5) is 4.79 Å². The number of nitrogens with one attached hydrogen (secondary N) is 1. The summed E-state index contributed by atoms with van der Waals surface area (Å²) in [6, 6.07) is 16.2. The van der Waals surface area contributed by atoms with Crippen LogP contribution in [-0.4, -0.2) is 66.4 Å². The predicted molar refractivity (Wildman–Crippen MR) is 121 cm³/mol. The predicted octanol–water partition coefficient (Wildman–Crippen LogP) is 2.78. The Morgan fingerprint density at radius 1 is 1.15 bits per heavy atom. The summed E-state index contributed by atoms with van der Waals surface area (Å²) in [4.78, 5) is 37.3. The zero-order chi connectivity index (χ0) is 23.4. The van der Waals surface area contributed by atoms with Gasteiger partial charge >= 0.3 is 12.1 Å². The van der Waals surface area contributed by atoms with Crippen LogP contribution < -0.4 is 5.32 Å². The fraction of sp³-hybridized carbons (Fsp3) is 0.320. The number of carbonyl (C=O) groups excluding carboxylic acids is 2. The number of morpholine rings is 1. The van der Waals surface area contributed by atoms with Crippen LogP contribution in [0, 0.1) is 0 Å². The fourth-order valence-electron chi connectivity index (χ4n) is 4.24. The summed E-state index contributed by atoms with van der Waals surface area (Å²) in [6.45, 7) is 2.20. The molecule has 1 heterocycles. The number of aliphatic carboxylic acids is 1. The molecule has 0 radical (unpaired) electrons. The number of rotatable bonds is 6. The highest BCUT2D eigenvalue weighted by atomic mass is 16.5. The van der Waals surface area contributed by atoms with E-state index in [1.54, 1.807) is 0 Å². The van der Waals surface area contributed by atoms with Gasteiger partial charge in [-0.05, 0) is 29.2 Å². The molecule has 8 heteroatoms. The van der Waals surface area contributed by atoms with Crippen LogP contribution in [0.5, 0.6) is 0 Å². The lowest BCUT2D eigenvalue weighted by atomic mass is 9.98. The van der Waals surface area contributed by atoms with Gasteiger partial charge in [-0.1, -0.05) is 54.6 Å². The summed E-state index contributed by atoms with van der Waals surface area (Å²) in [6.07, 6.45) is 2.26. The van der Waals surface area contributed by atoms with E-state index in [4.69, 9.17) is 9.47 Å². The summed E-state index contributed by atoms with van der Waals surface area (Å²) >= 11 is 0. The second-order valence-electron chi connectivity index (χ2n) is 8.25. The van der Waals surface area contributed by atoms with Crippen molar-refractivity contribution in [2.24, 2.45) is 0 Å². The van der Waals surface area contributed by atoms with E-state index in [0.717, 1.165) is 22.3 Å². The van der Waals surface area contributed by atoms with Crippen molar-refractivity contribution in [3.8, 4) is 11.1 Å². The Labute approximate surface area is 191 Å². The van der Waals surface area contributed by atoms with Gasteiger partial charge in [0.25, 0.3) is 0 Å². The molecule has 1 unspecified atom stereocenters. The molecule has 1 aliphatic heterocycles. The number of alkyl carbamates (subject to hydrolysis) is 1. The fourth-order valence-corrected chi connectivity index (χ4v) is 4.24. The third-order valence-electron chi connectivity index (χ3n) is 6.01. The molecule has 2 aromatic rings. The molecule has 1 fully saturated rings. The number of fused-ring (bicyclic) bond motifs is 3. The third-order valence-corrected chi connectivity index (χ3v) is 6.01. The van der Waals surface area contributed by atoms with Gasteiger partial charge in [-0.25, -0.2) is 9.59 Å². The summed E-state index contributed by atoms with van der Waals surface area (Å²) in [5, 5.41) is 11.9. The Kier molecular flexibility index (Phi) is 6.46. The van der Waals surface area contributed by atoms with Crippen molar-refractivity contribution in [1.29, 1.82) is 0 Å². The Morgan fingerprint density at radius 2 is 1.79 bits per heavy atom. The van der Waals surface area contributed by atoms with Gasteiger partial charge in [0.2, 0.25) is 5.91 Å². The minimum atomic E-state index is -1.42. The van der Waals surface area contributed by atoms with E-state index in [0.29, 0.717) is 6.54 Å². The highest BCUT2D eigenvalue weighted by Gasteiger charge is 2.40. The van der Waals surface area contributed by atoms with Crippen LogP contribution in [0.25, 0.3) is 11.1 Å². The van der Waals surface area contributed by atoms with E-state index in [1.165, 1.54) is 24.0 Å². The zero-order valence-corrected chi connectivity index (χ0v) is 18.3. The highest BCUT2D eigenvalue weighted by Crippen LogP contribution is 2.44. The molecule has 0 bridgehead atoms. The first-order valence-corrected chi connectivity index (χ1v) is 10.8. The lowest BCUT2D eigenvalue weighted by Crippen LogP contribution is -2.55. The molecule has 33 heavy (non-hydrogen) atoms. The molecule has 0 aromatic heterocycles. The number of nitrogens with zero attached hydrogens (tertiary/aromatic N) is 1. The monoisotopic (exact) mass is 450 g/mol. The van der Waals surface area contributed by atoms with Gasteiger partial charge in [0.05, 0.1) is 13.2 Å². The van der Waals surface area contributed by atoms with Gasteiger partial charge in [-0.15, -0.1) is 0 Å². The number of carboxylic acid groups (broad SMARTS) is 1. The number of carboxylic acids is 1. The van der Waals surface area contributed by atoms with Crippen LogP contribution in [0.1, 0.15) is 24.0 Å². The van der Waals surface area contributed by atoms with Crippen LogP contribution in [0.2, 0.25) is 0 Å². The standard InChI is InChI=1S/C25H26N2O6/c1-25(23(29)30)16-27(13-14-33-25)22(28)11-6-12-26-24(31)32-15-21-19-9-4-2-7-17(19)18-8-3-5-10-20(18)21/h2-11,21H,12-16H2,1H3,(H,26,31)(H,29,30)/b11-6+. The molecule has 4 rings (SSSR count). The Morgan fingerprint density at radius 3 is 2.42 bits per heavy atom. The maximum Gasteiger partial charge on any atom is 0.407 e. The zero-order valence-electron chi connectivity index (χ0n) is 18.3. The van der Waals surface area contributed by atoms with E-state index < -0.39 is 17.7 Å². The number of carbonyl (C=O) groups is 3. The molecule has 8 nitrogen and oxygen atoms in total. The molecule has 172 valence electrons. The summed E-state index contributed by atoms with van der Waals surface area (Å²) in [5.74, 6) is -1.47. The van der Waals surface area contributed by atoms with Crippen LogP contribution in [0.15, 0.2) is 60.7 Å². The lowest BCUT2D eigenvalue weighted by molar-refractivity contribution is -0.176. The number of benzene rings is 2. The number of hydrogen-bond acceptors (Lipinski definition) is 5. The molecular weight excluding hydrogens is 424 g/mol. The van der Waals surface area contributed by atoms with Crippen molar-refractivity contribution in [3.05, 3.63) is 71.8 Å². The first kappa shape index (κ1) is 22.5. The van der Waals surface area contributed by atoms with E-state index in [9.17, 15) is 19.5 Å². The van der Waals surface area contributed by atoms with Crippen molar-refractivity contribution in [1.82, 2.24) is 10.2 Å². The summed E-state index contributed by atoms with van der Waals surface area (Å²) in [7, 11) is 0. The maximum absolute atomic E-state index is 12.3. The summed E-state index contributed by atoms with van der Waals surface area (Å²) in [5.41, 5.74) is 3.17. The quantitative estimate of drug-likeness (QED) is 0.656. The van der Waals surface area contributed by atoms with E-state index in [2.05, 4.69) is 29.6 Å². The molecule has 1 saturated heterocycles. The molecular formula is C25H26N2O6. The Bertz CT molecular complexity index is 1050. The van der Waals surface area contributed by atoms with Crippen LogP contribution in [0.3, 0.4) is 0 Å². The van der Waals surface area contributed by atoms with E-state index >= 15 is 0 Å². The molecule has 2 aliphatic rings.